The van der Waals surface area contributed by atoms with Crippen LogP contribution in [0, 0.1) is 12.8 Å². The van der Waals surface area contributed by atoms with Gasteiger partial charge in [-0.2, -0.15) is 13.2 Å². The number of benzene rings is 2. The van der Waals surface area contributed by atoms with Gasteiger partial charge in [-0.25, -0.2) is 13.6 Å². The van der Waals surface area contributed by atoms with Crippen molar-refractivity contribution in [3.63, 3.8) is 0 Å². The second-order valence-electron chi connectivity index (χ2n) is 12.1. The number of fused-ring (bicyclic) bond motifs is 3. The summed E-state index contributed by atoms with van der Waals surface area (Å²) >= 11 is 0. The molecule has 1 aliphatic heterocycles. The minimum absolute atomic E-state index is 0.114. The second-order valence-corrected chi connectivity index (χ2v) is 12.1. The lowest BCUT2D eigenvalue weighted by atomic mass is 9.63. The largest absolute Gasteiger partial charge is 0.479 e. The first-order chi connectivity index (χ1) is 18.7. The van der Waals surface area contributed by atoms with Crippen molar-refractivity contribution in [3.05, 3.63) is 70.3 Å². The Morgan fingerprint density at radius 1 is 1.00 bits per heavy atom. The zero-order chi connectivity index (χ0) is 29.1. The third-order valence-corrected chi connectivity index (χ3v) is 9.65. The monoisotopic (exact) mass is 563 g/mol. The van der Waals surface area contributed by atoms with Crippen LogP contribution in [0.2, 0.25) is 0 Å². The normalized spacial score (nSPS) is 29.8. The van der Waals surface area contributed by atoms with E-state index in [1.165, 1.54) is 12.1 Å². The van der Waals surface area contributed by atoms with Gasteiger partial charge < -0.3 is 10.0 Å². The maximum Gasteiger partial charge on any atom is 0.426 e. The van der Waals surface area contributed by atoms with Crippen LogP contribution in [0.4, 0.5) is 22.0 Å². The van der Waals surface area contributed by atoms with E-state index in [1.807, 2.05) is 36.1 Å². The standard InChI is InChI=1S/C31H34F5NO3/c1-19-3-5-20(6-4-19)18-29-15-16-37(26(38)21-11-13-30(33,14-12-21)27(39)40)25(29)10-7-22-17-23(8-9-24(22)29)28(2,32)31(34,35)36/h3-6,8-9,17,21,25H,7,10-16,18H2,1-2H3,(H,39,40)/t21-,25?,28?,29?,30+. The molecule has 2 aromatic rings. The van der Waals surface area contributed by atoms with E-state index in [-0.39, 0.29) is 37.6 Å². The average Bonchev–Trinajstić information content (AvgIpc) is 3.28. The topological polar surface area (TPSA) is 57.6 Å². The maximum atomic E-state index is 14.9. The zero-order valence-electron chi connectivity index (χ0n) is 22.7. The fraction of sp³-hybridized carbons (Fsp3) is 0.548. The molecule has 1 saturated heterocycles. The highest BCUT2D eigenvalue weighted by atomic mass is 19.4. The predicted molar refractivity (Wildman–Crippen MR) is 139 cm³/mol. The summed E-state index contributed by atoms with van der Waals surface area (Å²) < 4.78 is 70.0. The average molecular weight is 564 g/mol. The molecular weight excluding hydrogens is 529 g/mol. The minimum Gasteiger partial charge on any atom is -0.479 e. The van der Waals surface area contributed by atoms with Gasteiger partial charge in [-0.15, -0.1) is 0 Å². The Balaban J connectivity index is 1.49. The lowest BCUT2D eigenvalue weighted by Gasteiger charge is -2.45. The second kappa shape index (κ2) is 9.84. The summed E-state index contributed by atoms with van der Waals surface area (Å²) in [6.45, 7) is 2.96. The number of carboxylic acid groups (broad SMARTS) is 1. The van der Waals surface area contributed by atoms with Crippen LogP contribution in [0.5, 0.6) is 0 Å². The SMILES string of the molecule is Cc1ccc(CC23CCN(C(=O)[C@H]4CC[C@](F)(C(=O)O)CC4)C2CCc2cc(C(C)(F)C(F)(F)F)ccc23)cc1. The molecule has 2 aromatic carbocycles. The zero-order valence-corrected chi connectivity index (χ0v) is 22.7. The Morgan fingerprint density at radius 2 is 1.65 bits per heavy atom. The molecule has 0 radical (unpaired) electrons. The third kappa shape index (κ3) is 4.69. The number of aryl methyl sites for hydroxylation is 2. The number of rotatable bonds is 5. The van der Waals surface area contributed by atoms with Crippen LogP contribution in [0.15, 0.2) is 42.5 Å². The van der Waals surface area contributed by atoms with Crippen LogP contribution in [0.25, 0.3) is 0 Å². The number of hydrogen-bond acceptors (Lipinski definition) is 2. The molecule has 40 heavy (non-hydrogen) atoms. The molecular formula is C31H34F5NO3. The van der Waals surface area contributed by atoms with E-state index >= 15 is 0 Å². The molecule has 3 unspecified atom stereocenters. The summed E-state index contributed by atoms with van der Waals surface area (Å²) in [6, 6.07) is 12.0. The lowest BCUT2D eigenvalue weighted by molar-refractivity contribution is -0.228. The predicted octanol–water partition coefficient (Wildman–Crippen LogP) is 6.75. The first-order valence-electron chi connectivity index (χ1n) is 13.9. The van der Waals surface area contributed by atoms with Crippen molar-refractivity contribution in [1.82, 2.24) is 4.90 Å². The van der Waals surface area contributed by atoms with Crippen molar-refractivity contribution in [2.24, 2.45) is 5.92 Å². The Kier molecular flexibility index (Phi) is 7.02. The molecule has 3 aliphatic rings. The van der Waals surface area contributed by atoms with E-state index in [4.69, 9.17) is 0 Å². The summed E-state index contributed by atoms with van der Waals surface area (Å²) in [5.74, 6) is -2.08. The molecule has 2 fully saturated rings. The summed E-state index contributed by atoms with van der Waals surface area (Å²) in [5, 5.41) is 9.23. The van der Waals surface area contributed by atoms with E-state index in [2.05, 4.69) is 0 Å². The number of halogens is 5. The number of alkyl halides is 5. The summed E-state index contributed by atoms with van der Waals surface area (Å²) in [7, 11) is 0. The number of hydrogen-bond donors (Lipinski definition) is 1. The third-order valence-electron chi connectivity index (χ3n) is 9.65. The highest BCUT2D eigenvalue weighted by Crippen LogP contribution is 2.51. The van der Waals surface area contributed by atoms with Crippen molar-refractivity contribution >= 4 is 11.9 Å². The molecule has 1 saturated carbocycles. The minimum atomic E-state index is -5.05. The molecule has 3 atom stereocenters. The summed E-state index contributed by atoms with van der Waals surface area (Å²) in [4.78, 5) is 26.9. The van der Waals surface area contributed by atoms with Crippen molar-refractivity contribution in [1.29, 1.82) is 0 Å². The Hall–Kier alpha value is -2.97. The first kappa shape index (κ1) is 28.6. The van der Waals surface area contributed by atoms with Gasteiger partial charge in [-0.1, -0.05) is 48.0 Å². The molecule has 9 heteroatoms. The molecule has 0 bridgehead atoms. The highest BCUT2D eigenvalue weighted by Gasteiger charge is 2.56. The molecule has 1 amide bonds. The maximum absolute atomic E-state index is 14.9. The van der Waals surface area contributed by atoms with Crippen molar-refractivity contribution in [2.45, 2.75) is 94.2 Å². The first-order valence-corrected chi connectivity index (χ1v) is 13.9. The number of carboxylic acids is 1. The van der Waals surface area contributed by atoms with E-state index in [1.54, 1.807) is 6.07 Å². The van der Waals surface area contributed by atoms with Gasteiger partial charge in [0.2, 0.25) is 17.2 Å². The number of aliphatic carboxylic acids is 1. The molecule has 1 N–H and O–H groups in total. The van der Waals surface area contributed by atoms with Gasteiger partial charge in [-0.05, 0) is 87.5 Å². The van der Waals surface area contributed by atoms with Crippen LogP contribution in [0.1, 0.15) is 73.3 Å². The molecule has 4 nitrogen and oxygen atoms in total. The molecule has 0 spiro atoms. The van der Waals surface area contributed by atoms with Gasteiger partial charge in [0, 0.05) is 23.9 Å². The van der Waals surface area contributed by atoms with E-state index in [9.17, 15) is 36.6 Å². The Bertz CT molecular complexity index is 1300. The van der Waals surface area contributed by atoms with Crippen molar-refractivity contribution in [3.8, 4) is 0 Å². The number of likely N-dealkylation sites (tertiary alicyclic amines) is 1. The van der Waals surface area contributed by atoms with Gasteiger partial charge in [0.25, 0.3) is 0 Å². The van der Waals surface area contributed by atoms with E-state index in [0.29, 0.717) is 44.7 Å². The van der Waals surface area contributed by atoms with Crippen LogP contribution in [0.3, 0.4) is 0 Å². The van der Waals surface area contributed by atoms with Gasteiger partial charge >= 0.3 is 12.1 Å². The van der Waals surface area contributed by atoms with E-state index in [0.717, 1.165) is 16.7 Å². The smallest absolute Gasteiger partial charge is 0.426 e. The van der Waals surface area contributed by atoms with Gasteiger partial charge in [0.15, 0.2) is 0 Å². The van der Waals surface area contributed by atoms with Crippen LogP contribution < -0.4 is 0 Å². The molecule has 216 valence electrons. The number of amides is 1. The van der Waals surface area contributed by atoms with Crippen molar-refractivity contribution in [2.75, 3.05) is 6.54 Å². The van der Waals surface area contributed by atoms with Crippen molar-refractivity contribution < 1.29 is 36.6 Å². The summed E-state index contributed by atoms with van der Waals surface area (Å²) in [6.07, 6.45) is -3.09. The molecule has 5 rings (SSSR count). The Morgan fingerprint density at radius 3 is 2.25 bits per heavy atom. The molecule has 2 aliphatic carbocycles. The quantitative estimate of drug-likeness (QED) is 0.410. The number of carbonyl (C=O) groups is 2. The van der Waals surface area contributed by atoms with E-state index < -0.39 is 40.4 Å². The lowest BCUT2D eigenvalue weighted by Crippen LogP contribution is -2.51. The van der Waals surface area contributed by atoms with Gasteiger partial charge in [0.05, 0.1) is 0 Å². The molecule has 1 heterocycles. The molecule has 0 aromatic heterocycles. The number of carbonyl (C=O) groups excluding carboxylic acids is 1. The fourth-order valence-electron chi connectivity index (χ4n) is 7.13. The van der Waals surface area contributed by atoms with Crippen LogP contribution in [-0.4, -0.2) is 46.3 Å². The van der Waals surface area contributed by atoms with Gasteiger partial charge in [-0.3, -0.25) is 4.79 Å². The van der Waals surface area contributed by atoms with Crippen LogP contribution in [-0.2, 0) is 33.5 Å². The summed E-state index contributed by atoms with van der Waals surface area (Å²) in [5.41, 5.74) is -3.14. The number of nitrogens with zero attached hydrogens (tertiary/aromatic N) is 1. The fourth-order valence-corrected chi connectivity index (χ4v) is 7.13. The van der Waals surface area contributed by atoms with Gasteiger partial charge in [0.1, 0.15) is 0 Å². The highest BCUT2D eigenvalue weighted by molar-refractivity contribution is 5.82. The van der Waals surface area contributed by atoms with Crippen LogP contribution >= 0.6 is 0 Å². The Labute approximate surface area is 230 Å².